The molecule has 0 fully saturated rings. The van der Waals surface area contributed by atoms with E-state index in [2.05, 4.69) is 152 Å². The van der Waals surface area contributed by atoms with Crippen molar-refractivity contribution in [3.8, 4) is 22.3 Å². The molecule has 0 radical (unpaired) electrons. The third-order valence-electron chi connectivity index (χ3n) is 11.7. The number of hydrogen-bond donors (Lipinski definition) is 0. The molecule has 1 aliphatic carbocycles. The SMILES string of the molecule is CC1(C)c2ccccc2N2c3cc4ccccc4c4c3B(c3cccc1c32)n1c2c(c3cccc-4c31)-c1ccccc1C2(C)C. The summed E-state index contributed by atoms with van der Waals surface area (Å²) in [5, 5.41) is 4.01. The van der Waals surface area contributed by atoms with E-state index in [0.29, 0.717) is 0 Å². The number of para-hydroxylation sites is 3. The third-order valence-corrected chi connectivity index (χ3v) is 11.7. The Morgan fingerprint density at radius 1 is 0.556 bits per heavy atom. The third kappa shape index (κ3) is 2.57. The monoisotopic (exact) mass is 574 g/mol. The maximum atomic E-state index is 2.78. The number of aromatic nitrogens is 1. The van der Waals surface area contributed by atoms with E-state index < -0.39 is 0 Å². The van der Waals surface area contributed by atoms with Crippen molar-refractivity contribution in [2.24, 2.45) is 0 Å². The summed E-state index contributed by atoms with van der Waals surface area (Å²) in [6, 6.07) is 43.9. The first-order valence-corrected chi connectivity index (χ1v) is 16.3. The van der Waals surface area contributed by atoms with Crippen LogP contribution in [0.4, 0.5) is 17.1 Å². The van der Waals surface area contributed by atoms with E-state index in [4.69, 9.17) is 0 Å². The molecule has 212 valence electrons. The minimum absolute atomic E-state index is 0.0709. The summed E-state index contributed by atoms with van der Waals surface area (Å²) in [7, 11) is 0. The lowest BCUT2D eigenvalue weighted by Gasteiger charge is -2.48. The van der Waals surface area contributed by atoms with Crippen LogP contribution in [0.5, 0.6) is 0 Å². The first-order chi connectivity index (χ1) is 21.9. The molecule has 11 rings (SSSR count). The second kappa shape index (κ2) is 7.61. The molecule has 2 nitrogen and oxygen atoms in total. The molecular weight excluding hydrogens is 543 g/mol. The number of nitrogens with zero attached hydrogens (tertiary/aromatic N) is 2. The highest BCUT2D eigenvalue weighted by molar-refractivity contribution is 6.90. The van der Waals surface area contributed by atoms with Crippen LogP contribution in [0.3, 0.4) is 0 Å². The van der Waals surface area contributed by atoms with Crippen molar-refractivity contribution in [3.05, 3.63) is 138 Å². The van der Waals surface area contributed by atoms with Gasteiger partial charge in [0.2, 0.25) is 0 Å². The average molecular weight is 575 g/mol. The van der Waals surface area contributed by atoms with Gasteiger partial charge in [-0.05, 0) is 61.6 Å². The van der Waals surface area contributed by atoms with Crippen molar-refractivity contribution >= 4 is 56.5 Å². The summed E-state index contributed by atoms with van der Waals surface area (Å²) < 4.78 is 2.78. The fourth-order valence-electron chi connectivity index (χ4n) is 9.86. The number of benzene rings is 6. The summed E-state index contributed by atoms with van der Waals surface area (Å²) in [5.74, 6) is 0. The summed E-state index contributed by atoms with van der Waals surface area (Å²) in [5.41, 5.74) is 19.2. The van der Waals surface area contributed by atoms with Gasteiger partial charge in [-0.25, -0.2) is 0 Å². The van der Waals surface area contributed by atoms with Gasteiger partial charge in [0.1, 0.15) is 0 Å². The topological polar surface area (TPSA) is 8.17 Å². The molecule has 0 spiro atoms. The molecule has 3 heteroatoms. The van der Waals surface area contributed by atoms with Crippen LogP contribution in [-0.2, 0) is 10.8 Å². The zero-order chi connectivity index (χ0) is 30.0. The van der Waals surface area contributed by atoms with Gasteiger partial charge in [0, 0.05) is 49.9 Å². The van der Waals surface area contributed by atoms with Gasteiger partial charge in [-0.2, -0.15) is 0 Å². The fourth-order valence-corrected chi connectivity index (χ4v) is 9.86. The summed E-state index contributed by atoms with van der Waals surface area (Å²) in [6.07, 6.45) is 0. The van der Waals surface area contributed by atoms with E-state index in [0.717, 1.165) is 0 Å². The maximum absolute atomic E-state index is 2.78. The molecule has 0 saturated heterocycles. The summed E-state index contributed by atoms with van der Waals surface area (Å²) in [6.45, 7) is 9.75. The Morgan fingerprint density at radius 2 is 1.24 bits per heavy atom. The van der Waals surface area contributed by atoms with Crippen LogP contribution in [0.25, 0.3) is 43.9 Å². The van der Waals surface area contributed by atoms with E-state index in [1.807, 2.05) is 0 Å². The van der Waals surface area contributed by atoms with Crippen molar-refractivity contribution in [2.45, 2.75) is 38.5 Å². The molecular formula is C42H31BN2. The molecule has 4 aliphatic rings. The minimum atomic E-state index is -0.130. The summed E-state index contributed by atoms with van der Waals surface area (Å²) >= 11 is 0. The normalized spacial score (nSPS) is 16.7. The van der Waals surface area contributed by atoms with E-state index in [9.17, 15) is 0 Å². The second-order valence-electron chi connectivity index (χ2n) is 14.5. The van der Waals surface area contributed by atoms with Crippen LogP contribution < -0.4 is 15.8 Å². The highest BCUT2D eigenvalue weighted by Gasteiger charge is 2.51. The maximum Gasteiger partial charge on any atom is 0.332 e. The van der Waals surface area contributed by atoms with Crippen molar-refractivity contribution in [3.63, 3.8) is 0 Å². The number of rotatable bonds is 0. The quantitative estimate of drug-likeness (QED) is 0.164. The van der Waals surface area contributed by atoms with Crippen LogP contribution in [0.15, 0.2) is 115 Å². The predicted molar refractivity (Wildman–Crippen MR) is 190 cm³/mol. The number of fused-ring (bicyclic) bond motifs is 13. The Balaban J connectivity index is 1.39. The van der Waals surface area contributed by atoms with Crippen LogP contribution in [0.2, 0.25) is 0 Å². The molecule has 3 aliphatic heterocycles. The van der Waals surface area contributed by atoms with Crippen LogP contribution in [0, 0.1) is 0 Å². The lowest BCUT2D eigenvalue weighted by atomic mass is 9.43. The van der Waals surface area contributed by atoms with E-state index in [1.54, 1.807) is 0 Å². The van der Waals surface area contributed by atoms with Crippen LogP contribution in [-0.4, -0.2) is 11.3 Å². The van der Waals surface area contributed by atoms with Crippen molar-refractivity contribution in [2.75, 3.05) is 4.90 Å². The van der Waals surface area contributed by atoms with Gasteiger partial charge >= 0.3 is 6.85 Å². The Hall–Kier alpha value is -5.02. The lowest BCUT2D eigenvalue weighted by molar-refractivity contribution is 0.630. The van der Waals surface area contributed by atoms with Crippen LogP contribution in [0.1, 0.15) is 50.1 Å². The van der Waals surface area contributed by atoms with Crippen molar-refractivity contribution in [1.29, 1.82) is 0 Å². The summed E-state index contributed by atoms with van der Waals surface area (Å²) in [4.78, 5) is 2.61. The van der Waals surface area contributed by atoms with Gasteiger partial charge in [0.25, 0.3) is 0 Å². The Bertz CT molecular complexity index is 2510. The molecule has 0 unspecified atom stereocenters. The lowest BCUT2D eigenvalue weighted by Crippen LogP contribution is -2.59. The first-order valence-electron chi connectivity index (χ1n) is 16.3. The zero-order valence-electron chi connectivity index (χ0n) is 25.9. The molecule has 0 atom stereocenters. The van der Waals surface area contributed by atoms with Gasteiger partial charge < -0.3 is 9.38 Å². The molecule has 0 N–H and O–H groups in total. The predicted octanol–water partition coefficient (Wildman–Crippen LogP) is 9.16. The number of anilines is 3. The molecule has 6 aromatic carbocycles. The van der Waals surface area contributed by atoms with E-state index in [1.165, 1.54) is 94.3 Å². The van der Waals surface area contributed by atoms with Gasteiger partial charge in [-0.15, -0.1) is 0 Å². The standard InChI is InChI=1S/C42H31BN2/c1-41(2)30-19-9-10-22-33(30)44-34-23-24-13-5-6-14-25(24)35-27-16-11-17-28-36-26-15-7-8-18-29(26)42(3,4)40(36)45(38(27)28)43(37(34)35)32-21-12-20-31(41)39(32)44/h5-23H,1-4H3. The number of hydrogen-bond acceptors (Lipinski definition) is 1. The Kier molecular flexibility index (Phi) is 4.11. The molecule has 1 aromatic heterocycles. The minimum Gasteiger partial charge on any atom is -0.378 e. The van der Waals surface area contributed by atoms with Gasteiger partial charge in [-0.1, -0.05) is 131 Å². The van der Waals surface area contributed by atoms with Crippen LogP contribution >= 0.6 is 0 Å². The van der Waals surface area contributed by atoms with Crippen molar-refractivity contribution < 1.29 is 0 Å². The van der Waals surface area contributed by atoms with Gasteiger partial charge in [0.05, 0.1) is 5.69 Å². The first kappa shape index (κ1) is 24.3. The fraction of sp³-hybridized carbons (Fsp3) is 0.143. The molecule has 0 saturated carbocycles. The molecule has 45 heavy (non-hydrogen) atoms. The highest BCUT2D eigenvalue weighted by atomic mass is 15.2. The smallest absolute Gasteiger partial charge is 0.332 e. The zero-order valence-corrected chi connectivity index (χ0v) is 25.9. The molecule has 7 aromatic rings. The van der Waals surface area contributed by atoms with Gasteiger partial charge in [0.15, 0.2) is 0 Å². The second-order valence-corrected chi connectivity index (χ2v) is 14.5. The molecule has 0 bridgehead atoms. The highest BCUT2D eigenvalue weighted by Crippen LogP contribution is 2.58. The Morgan fingerprint density at radius 3 is 2.13 bits per heavy atom. The average Bonchev–Trinajstić information content (AvgIpc) is 3.53. The Labute approximate surface area is 263 Å². The molecule has 0 amide bonds. The van der Waals surface area contributed by atoms with E-state index >= 15 is 0 Å². The van der Waals surface area contributed by atoms with E-state index in [-0.39, 0.29) is 17.7 Å². The van der Waals surface area contributed by atoms with Crippen molar-refractivity contribution in [1.82, 2.24) is 4.48 Å². The largest absolute Gasteiger partial charge is 0.378 e. The van der Waals surface area contributed by atoms with Gasteiger partial charge in [-0.3, -0.25) is 0 Å². The molecule has 4 heterocycles.